The number of carbonyl (C=O) groups excluding carboxylic acids is 2. The van der Waals surface area contributed by atoms with Crippen molar-refractivity contribution in [2.24, 2.45) is 0 Å². The molecule has 0 spiro atoms. The van der Waals surface area contributed by atoms with E-state index >= 15 is 0 Å². The van der Waals surface area contributed by atoms with Gasteiger partial charge in [-0.3, -0.25) is 9.59 Å². The molecule has 0 saturated carbocycles. The van der Waals surface area contributed by atoms with Crippen LogP contribution in [0.2, 0.25) is 0 Å². The molecule has 0 unspecified atom stereocenters. The molecule has 0 fully saturated rings. The first kappa shape index (κ1) is 37.4. The van der Waals surface area contributed by atoms with Crippen LogP contribution in [0.15, 0.2) is 182 Å². The maximum Gasteiger partial charge on any atom is 0.454 e. The molecule has 0 heterocycles. The zero-order valence-electron chi connectivity index (χ0n) is 29.3. The van der Waals surface area contributed by atoms with Gasteiger partial charge in [-0.1, -0.05) is 84.9 Å². The molecular formula is C46H30F6N2O2. The normalized spacial score (nSPS) is 11.5. The first-order chi connectivity index (χ1) is 26.9. The number of halogens is 6. The van der Waals surface area contributed by atoms with Crippen LogP contribution in [0.3, 0.4) is 0 Å². The Morgan fingerprint density at radius 2 is 0.518 bits per heavy atom. The first-order valence-electron chi connectivity index (χ1n) is 17.3. The van der Waals surface area contributed by atoms with E-state index in [2.05, 4.69) is 0 Å². The average Bonchev–Trinajstić information content (AvgIpc) is 3.22. The summed E-state index contributed by atoms with van der Waals surface area (Å²) in [6.07, 6.45) is -9.92. The lowest BCUT2D eigenvalue weighted by Gasteiger charge is -2.26. The van der Waals surface area contributed by atoms with Crippen molar-refractivity contribution in [3.63, 3.8) is 0 Å². The Kier molecular flexibility index (Phi) is 10.3. The number of carbonyl (C=O) groups is 2. The summed E-state index contributed by atoms with van der Waals surface area (Å²) in [5.41, 5.74) is 7.20. The standard InChI is InChI=1S/C46H30F6N2O2/c47-45(48,49)43(55)35-19-27-41(28-20-35)53(37-7-3-1-4-8-37)39-23-15-33(16-24-39)31-11-13-32(14-12-31)34-17-25-40(26-18-34)54(38-9-5-2-6-10-38)42-29-21-36(22-30-42)44(56)46(50,51)52/h1-30H. The predicted molar refractivity (Wildman–Crippen MR) is 207 cm³/mol. The minimum absolute atomic E-state index is 0.436. The number of nitrogens with zero attached hydrogens (tertiary/aromatic N) is 2. The van der Waals surface area contributed by atoms with Gasteiger partial charge >= 0.3 is 12.4 Å². The summed E-state index contributed by atoms with van der Waals surface area (Å²) in [6, 6.07) is 52.9. The highest BCUT2D eigenvalue weighted by atomic mass is 19.4. The minimum atomic E-state index is -4.96. The Morgan fingerprint density at radius 1 is 0.304 bits per heavy atom. The predicted octanol–water partition coefficient (Wildman–Crippen LogP) is 13.5. The summed E-state index contributed by atoms with van der Waals surface area (Å²) in [6.45, 7) is 0. The van der Waals surface area contributed by atoms with Crippen LogP contribution in [0, 0.1) is 0 Å². The average molecular weight is 757 g/mol. The van der Waals surface area contributed by atoms with E-state index < -0.39 is 35.0 Å². The lowest BCUT2D eigenvalue weighted by molar-refractivity contribution is -0.0888. The Bertz CT molecular complexity index is 2260. The van der Waals surface area contributed by atoms with Gasteiger partial charge < -0.3 is 9.80 Å². The van der Waals surface area contributed by atoms with Gasteiger partial charge in [-0.05, 0) is 119 Å². The molecule has 0 amide bonds. The zero-order chi connectivity index (χ0) is 39.5. The van der Waals surface area contributed by atoms with E-state index in [0.29, 0.717) is 11.4 Å². The number of para-hydroxylation sites is 2. The number of benzene rings is 7. The van der Waals surface area contributed by atoms with Crippen LogP contribution in [0.25, 0.3) is 22.3 Å². The van der Waals surface area contributed by atoms with Crippen LogP contribution in [0.5, 0.6) is 0 Å². The number of rotatable bonds is 10. The van der Waals surface area contributed by atoms with Crippen molar-refractivity contribution in [3.05, 3.63) is 193 Å². The molecule has 56 heavy (non-hydrogen) atoms. The first-order valence-corrected chi connectivity index (χ1v) is 17.3. The number of hydrogen-bond acceptors (Lipinski definition) is 4. The summed E-state index contributed by atoms with van der Waals surface area (Å²) >= 11 is 0. The van der Waals surface area contributed by atoms with Crippen molar-refractivity contribution in [2.75, 3.05) is 9.80 Å². The highest BCUT2D eigenvalue weighted by Crippen LogP contribution is 2.38. The van der Waals surface area contributed by atoms with E-state index in [1.54, 1.807) is 0 Å². The molecule has 0 aliphatic carbocycles. The van der Waals surface area contributed by atoms with Crippen LogP contribution < -0.4 is 9.80 Å². The van der Waals surface area contributed by atoms with Crippen LogP contribution in [0.4, 0.5) is 60.5 Å². The second-order valence-electron chi connectivity index (χ2n) is 12.8. The lowest BCUT2D eigenvalue weighted by atomic mass is 9.99. The Balaban J connectivity index is 1.11. The van der Waals surface area contributed by atoms with Gasteiger partial charge in [-0.25, -0.2) is 0 Å². The maximum absolute atomic E-state index is 13.0. The Morgan fingerprint density at radius 3 is 0.768 bits per heavy atom. The molecule has 7 aromatic rings. The van der Waals surface area contributed by atoms with Crippen LogP contribution in [0.1, 0.15) is 20.7 Å². The van der Waals surface area contributed by atoms with E-state index in [1.807, 2.05) is 143 Å². The quantitative estimate of drug-likeness (QED) is 0.103. The van der Waals surface area contributed by atoms with Gasteiger partial charge in [-0.2, -0.15) is 26.3 Å². The second kappa shape index (κ2) is 15.4. The van der Waals surface area contributed by atoms with Gasteiger partial charge in [0, 0.05) is 45.3 Å². The molecule has 0 N–H and O–H groups in total. The van der Waals surface area contributed by atoms with Crippen molar-refractivity contribution >= 4 is 45.7 Å². The molecule has 0 bridgehead atoms. The van der Waals surface area contributed by atoms with E-state index in [9.17, 15) is 35.9 Å². The molecule has 0 aliphatic heterocycles. The molecule has 278 valence electrons. The highest BCUT2D eigenvalue weighted by Gasteiger charge is 2.40. The highest BCUT2D eigenvalue weighted by molar-refractivity contribution is 6.01. The van der Waals surface area contributed by atoms with Gasteiger partial charge in [0.2, 0.25) is 0 Å². The number of anilines is 6. The lowest BCUT2D eigenvalue weighted by Crippen LogP contribution is -2.22. The second-order valence-corrected chi connectivity index (χ2v) is 12.8. The third kappa shape index (κ3) is 8.09. The smallest absolute Gasteiger partial charge is 0.311 e. The van der Waals surface area contributed by atoms with Crippen molar-refractivity contribution in [1.29, 1.82) is 0 Å². The fourth-order valence-electron chi connectivity index (χ4n) is 6.36. The molecule has 7 aromatic carbocycles. The van der Waals surface area contributed by atoms with Crippen LogP contribution >= 0.6 is 0 Å². The number of ketones is 2. The fourth-order valence-corrected chi connectivity index (χ4v) is 6.36. The maximum atomic E-state index is 13.0. The van der Waals surface area contributed by atoms with E-state index in [1.165, 1.54) is 48.5 Å². The summed E-state index contributed by atoms with van der Waals surface area (Å²) in [4.78, 5) is 27.3. The van der Waals surface area contributed by atoms with Crippen molar-refractivity contribution in [3.8, 4) is 22.3 Å². The van der Waals surface area contributed by atoms with Gasteiger partial charge in [0.1, 0.15) is 0 Å². The van der Waals surface area contributed by atoms with Gasteiger partial charge in [0.05, 0.1) is 0 Å². The number of Topliss-reactive ketones (excluding diaryl/α,β-unsaturated/α-hetero) is 2. The monoisotopic (exact) mass is 756 g/mol. The van der Waals surface area contributed by atoms with Gasteiger partial charge in [-0.15, -0.1) is 0 Å². The van der Waals surface area contributed by atoms with Crippen LogP contribution in [-0.4, -0.2) is 23.9 Å². The molecule has 10 heteroatoms. The van der Waals surface area contributed by atoms with Gasteiger partial charge in [0.25, 0.3) is 11.6 Å². The Hall–Kier alpha value is -6.94. The molecule has 0 aromatic heterocycles. The molecular weight excluding hydrogens is 727 g/mol. The largest absolute Gasteiger partial charge is 0.454 e. The molecule has 0 radical (unpaired) electrons. The summed E-state index contributed by atoms with van der Waals surface area (Å²) in [7, 11) is 0. The third-order valence-electron chi connectivity index (χ3n) is 9.12. The summed E-state index contributed by atoms with van der Waals surface area (Å²) < 4.78 is 78.1. The van der Waals surface area contributed by atoms with E-state index in [4.69, 9.17) is 0 Å². The van der Waals surface area contributed by atoms with Gasteiger partial charge in [0.15, 0.2) is 0 Å². The van der Waals surface area contributed by atoms with Crippen molar-refractivity contribution in [1.82, 2.24) is 0 Å². The van der Waals surface area contributed by atoms with Crippen molar-refractivity contribution in [2.45, 2.75) is 12.4 Å². The molecule has 0 saturated heterocycles. The van der Waals surface area contributed by atoms with E-state index in [-0.39, 0.29) is 0 Å². The molecule has 0 aliphatic rings. The van der Waals surface area contributed by atoms with E-state index in [0.717, 1.165) is 45.0 Å². The summed E-state index contributed by atoms with van der Waals surface area (Å²) in [5, 5.41) is 0. The third-order valence-corrected chi connectivity index (χ3v) is 9.12. The fraction of sp³-hybridized carbons (Fsp3) is 0.0435. The molecule has 0 atom stereocenters. The number of alkyl halides is 6. The molecule has 4 nitrogen and oxygen atoms in total. The topological polar surface area (TPSA) is 40.6 Å². The summed E-state index contributed by atoms with van der Waals surface area (Å²) in [5.74, 6) is -3.79. The Labute approximate surface area is 318 Å². The zero-order valence-corrected chi connectivity index (χ0v) is 29.3. The van der Waals surface area contributed by atoms with Crippen molar-refractivity contribution < 1.29 is 35.9 Å². The molecule has 7 rings (SSSR count). The SMILES string of the molecule is O=C(c1ccc(N(c2ccccc2)c2ccc(-c3ccc(-c4ccc(N(c5ccccc5)c5ccc(C(=O)C(F)(F)F)cc5)cc4)cc3)cc2)cc1)C(F)(F)F. The van der Waals surface area contributed by atoms with Crippen LogP contribution in [-0.2, 0) is 0 Å². The minimum Gasteiger partial charge on any atom is -0.311 e. The number of hydrogen-bond donors (Lipinski definition) is 0.